The first-order valence-electron chi connectivity index (χ1n) is 4.66. The molecule has 86 valence electrons. The molecule has 0 aliphatic heterocycles. The van der Waals surface area contributed by atoms with Gasteiger partial charge in [0.1, 0.15) is 9.84 Å². The molecule has 1 unspecified atom stereocenters. The van der Waals surface area contributed by atoms with E-state index in [1.165, 1.54) is 6.26 Å². The second kappa shape index (κ2) is 4.49. The Kier molecular flexibility index (Phi) is 3.72. The van der Waals surface area contributed by atoms with Crippen LogP contribution in [0.2, 0.25) is 0 Å². The number of aromatic nitrogens is 1. The molecule has 1 N–H and O–H groups in total. The Bertz CT molecular complexity index is 417. The fraction of sp³-hybridized carbons (Fsp3) is 0.667. The second-order valence-corrected chi connectivity index (χ2v) is 7.19. The van der Waals surface area contributed by atoms with E-state index in [2.05, 4.69) is 10.3 Å². The Labute approximate surface area is 94.7 Å². The predicted molar refractivity (Wildman–Crippen MR) is 64.4 cm³/mol. The molecule has 0 aliphatic carbocycles. The van der Waals surface area contributed by atoms with Gasteiger partial charge >= 0.3 is 0 Å². The van der Waals surface area contributed by atoms with Gasteiger partial charge in [-0.25, -0.2) is 13.4 Å². The zero-order valence-corrected chi connectivity index (χ0v) is 11.0. The van der Waals surface area contributed by atoms with E-state index < -0.39 is 9.84 Å². The number of nitrogens with one attached hydrogen (secondary N) is 1. The van der Waals surface area contributed by atoms with Gasteiger partial charge in [0, 0.05) is 17.2 Å². The second-order valence-electron chi connectivity index (χ2n) is 3.80. The molecule has 0 amide bonds. The van der Waals surface area contributed by atoms with Crippen molar-refractivity contribution in [3.8, 4) is 0 Å². The minimum Gasteiger partial charge on any atom is -0.358 e. The molecule has 0 spiro atoms. The zero-order chi connectivity index (χ0) is 11.6. The summed E-state index contributed by atoms with van der Waals surface area (Å²) in [5.41, 5.74) is 0.994. The van der Waals surface area contributed by atoms with Crippen molar-refractivity contribution in [1.29, 1.82) is 0 Å². The summed E-state index contributed by atoms with van der Waals surface area (Å²) in [4.78, 5) is 5.45. The molecule has 6 heteroatoms. The first kappa shape index (κ1) is 12.4. The van der Waals surface area contributed by atoms with Crippen LogP contribution in [0.3, 0.4) is 0 Å². The lowest BCUT2D eigenvalue weighted by atomic mass is 10.4. The lowest BCUT2D eigenvalue weighted by Gasteiger charge is -2.10. The molecule has 0 saturated carbocycles. The minimum absolute atomic E-state index is 0.107. The van der Waals surface area contributed by atoms with Crippen molar-refractivity contribution in [1.82, 2.24) is 4.98 Å². The third kappa shape index (κ3) is 4.17. The number of aryl methyl sites for hydroxylation is 2. The predicted octanol–water partition coefficient (Wildman–Crippen LogP) is 1.60. The maximum Gasteiger partial charge on any atom is 0.183 e. The number of thiazole rings is 1. The van der Waals surface area contributed by atoms with Crippen LogP contribution in [0.5, 0.6) is 0 Å². The van der Waals surface area contributed by atoms with E-state index in [9.17, 15) is 8.42 Å². The van der Waals surface area contributed by atoms with Gasteiger partial charge in [-0.1, -0.05) is 0 Å². The topological polar surface area (TPSA) is 59.1 Å². The SMILES string of the molecule is Cc1nc(NC(C)CS(C)(=O)=O)sc1C. The number of hydrogen-bond donors (Lipinski definition) is 1. The van der Waals surface area contributed by atoms with E-state index in [1.807, 2.05) is 20.8 Å². The first-order valence-corrected chi connectivity index (χ1v) is 7.54. The summed E-state index contributed by atoms with van der Waals surface area (Å²) in [6, 6.07) is -0.107. The van der Waals surface area contributed by atoms with Crippen LogP contribution in [0.1, 0.15) is 17.5 Å². The highest BCUT2D eigenvalue weighted by Crippen LogP contribution is 2.21. The third-order valence-electron chi connectivity index (χ3n) is 1.95. The van der Waals surface area contributed by atoms with E-state index in [-0.39, 0.29) is 11.8 Å². The van der Waals surface area contributed by atoms with Crippen LogP contribution in [0.4, 0.5) is 5.13 Å². The van der Waals surface area contributed by atoms with Gasteiger partial charge in [-0.3, -0.25) is 0 Å². The van der Waals surface area contributed by atoms with E-state index in [0.29, 0.717) is 0 Å². The third-order valence-corrected chi connectivity index (χ3v) is 4.06. The molecule has 1 aromatic heterocycles. The van der Waals surface area contributed by atoms with Crippen molar-refractivity contribution in [2.75, 3.05) is 17.3 Å². The Hall–Kier alpha value is -0.620. The Balaban J connectivity index is 2.63. The van der Waals surface area contributed by atoms with Gasteiger partial charge in [-0.15, -0.1) is 11.3 Å². The van der Waals surface area contributed by atoms with Crippen molar-refractivity contribution >= 4 is 26.3 Å². The van der Waals surface area contributed by atoms with Gasteiger partial charge in [0.2, 0.25) is 0 Å². The Morgan fingerprint density at radius 3 is 2.47 bits per heavy atom. The highest BCUT2D eigenvalue weighted by Gasteiger charge is 2.12. The number of nitrogens with zero attached hydrogens (tertiary/aromatic N) is 1. The Morgan fingerprint density at radius 2 is 2.07 bits per heavy atom. The molecule has 1 rings (SSSR count). The molecule has 0 saturated heterocycles. The molecule has 0 fully saturated rings. The van der Waals surface area contributed by atoms with Gasteiger partial charge in [-0.2, -0.15) is 0 Å². The monoisotopic (exact) mass is 248 g/mol. The normalized spacial score (nSPS) is 13.9. The van der Waals surface area contributed by atoms with Crippen LogP contribution >= 0.6 is 11.3 Å². The summed E-state index contributed by atoms with van der Waals surface area (Å²) in [5, 5.41) is 3.88. The molecule has 15 heavy (non-hydrogen) atoms. The minimum atomic E-state index is -2.93. The average molecular weight is 248 g/mol. The summed E-state index contributed by atoms with van der Waals surface area (Å²) in [5.74, 6) is 0.130. The van der Waals surface area contributed by atoms with Gasteiger partial charge in [0.15, 0.2) is 5.13 Å². The van der Waals surface area contributed by atoms with Gasteiger partial charge in [0.05, 0.1) is 11.4 Å². The van der Waals surface area contributed by atoms with Gasteiger partial charge in [0.25, 0.3) is 0 Å². The molecular weight excluding hydrogens is 232 g/mol. The van der Waals surface area contributed by atoms with Gasteiger partial charge < -0.3 is 5.32 Å². The number of anilines is 1. The van der Waals surface area contributed by atoms with Crippen LogP contribution in [-0.2, 0) is 9.84 Å². The molecule has 0 radical (unpaired) electrons. The molecule has 4 nitrogen and oxygen atoms in total. The number of sulfone groups is 1. The maximum absolute atomic E-state index is 11.0. The maximum atomic E-state index is 11.0. The smallest absolute Gasteiger partial charge is 0.183 e. The number of hydrogen-bond acceptors (Lipinski definition) is 5. The lowest BCUT2D eigenvalue weighted by molar-refractivity contribution is 0.598. The number of rotatable bonds is 4. The van der Waals surface area contributed by atoms with E-state index >= 15 is 0 Å². The van der Waals surface area contributed by atoms with Gasteiger partial charge in [-0.05, 0) is 20.8 Å². The molecule has 0 bridgehead atoms. The van der Waals surface area contributed by atoms with Crippen molar-refractivity contribution in [2.45, 2.75) is 26.8 Å². The molecule has 1 aromatic rings. The summed E-state index contributed by atoms with van der Waals surface area (Å²) < 4.78 is 22.1. The summed E-state index contributed by atoms with van der Waals surface area (Å²) >= 11 is 1.55. The van der Waals surface area contributed by atoms with Crippen molar-refractivity contribution in [3.05, 3.63) is 10.6 Å². The van der Waals surface area contributed by atoms with E-state index in [1.54, 1.807) is 11.3 Å². The van der Waals surface area contributed by atoms with Crippen LogP contribution in [0.25, 0.3) is 0 Å². The van der Waals surface area contributed by atoms with E-state index in [4.69, 9.17) is 0 Å². The van der Waals surface area contributed by atoms with Crippen LogP contribution < -0.4 is 5.32 Å². The van der Waals surface area contributed by atoms with Crippen LogP contribution in [-0.4, -0.2) is 31.5 Å². The highest BCUT2D eigenvalue weighted by molar-refractivity contribution is 7.90. The van der Waals surface area contributed by atoms with Crippen LogP contribution in [0, 0.1) is 13.8 Å². The fourth-order valence-electron chi connectivity index (χ4n) is 1.24. The van der Waals surface area contributed by atoms with E-state index in [0.717, 1.165) is 15.7 Å². The standard InChI is InChI=1S/C9H16N2O2S2/c1-6(5-15(4,12)13)10-9-11-7(2)8(3)14-9/h6H,5H2,1-4H3,(H,10,11). The first-order chi connectivity index (χ1) is 6.78. The molecule has 0 aromatic carbocycles. The summed E-state index contributed by atoms with van der Waals surface area (Å²) in [6.07, 6.45) is 1.24. The summed E-state index contributed by atoms with van der Waals surface area (Å²) in [7, 11) is -2.93. The Morgan fingerprint density at radius 1 is 1.47 bits per heavy atom. The largest absolute Gasteiger partial charge is 0.358 e. The van der Waals surface area contributed by atoms with Crippen molar-refractivity contribution in [3.63, 3.8) is 0 Å². The molecule has 0 aliphatic rings. The highest BCUT2D eigenvalue weighted by atomic mass is 32.2. The average Bonchev–Trinajstić information content (AvgIpc) is 2.26. The van der Waals surface area contributed by atoms with Crippen molar-refractivity contribution in [2.24, 2.45) is 0 Å². The summed E-state index contributed by atoms with van der Waals surface area (Å²) in [6.45, 7) is 5.78. The lowest BCUT2D eigenvalue weighted by Crippen LogP contribution is -2.24. The fourth-order valence-corrected chi connectivity index (χ4v) is 3.16. The molecule has 1 heterocycles. The van der Waals surface area contributed by atoms with Crippen molar-refractivity contribution < 1.29 is 8.42 Å². The quantitative estimate of drug-likeness (QED) is 0.879. The molecular formula is C9H16N2O2S2. The molecule has 1 atom stereocenters. The van der Waals surface area contributed by atoms with Crippen LogP contribution in [0.15, 0.2) is 0 Å². The zero-order valence-electron chi connectivity index (χ0n) is 9.36.